The molecule has 0 spiro atoms. The molecule has 1 N–H and O–H groups in total. The van der Waals surface area contributed by atoms with Gasteiger partial charge in [-0.05, 0) is 31.6 Å². The number of rotatable bonds is 7. The number of alkyl halides is 1. The van der Waals surface area contributed by atoms with Gasteiger partial charge in [0.1, 0.15) is 0 Å². The number of unbranched alkanes of at least 4 members (excludes halogenated alkanes) is 1. The highest BCUT2D eigenvalue weighted by atomic mass is 35.5. The molecule has 1 unspecified atom stereocenters. The summed E-state index contributed by atoms with van der Waals surface area (Å²) in [5, 5.41) is 8.81. The summed E-state index contributed by atoms with van der Waals surface area (Å²) in [5.74, 6) is 1.04. The van der Waals surface area contributed by atoms with Gasteiger partial charge in [0.25, 0.3) is 0 Å². The first-order chi connectivity index (χ1) is 7.60. The first-order valence-electron chi connectivity index (χ1n) is 5.75. The number of hydrogen-bond donors (Lipinski definition) is 1. The van der Waals surface area contributed by atoms with E-state index in [4.69, 9.17) is 16.7 Å². The Morgan fingerprint density at radius 2 is 2.12 bits per heavy atom. The number of aliphatic hydroxyl groups is 1. The SMILES string of the molecule is O=S(=O)(CCCCCl)N1CCC(CCO)C1. The molecule has 0 aromatic heterocycles. The van der Waals surface area contributed by atoms with Crippen LogP contribution in [0.25, 0.3) is 0 Å². The molecule has 1 rings (SSSR count). The lowest BCUT2D eigenvalue weighted by Gasteiger charge is -2.16. The van der Waals surface area contributed by atoms with Crippen molar-refractivity contribution in [2.45, 2.75) is 25.7 Å². The van der Waals surface area contributed by atoms with E-state index in [1.54, 1.807) is 4.31 Å². The van der Waals surface area contributed by atoms with Crippen molar-refractivity contribution in [3.8, 4) is 0 Å². The van der Waals surface area contributed by atoms with Gasteiger partial charge in [0.2, 0.25) is 10.0 Å². The minimum absolute atomic E-state index is 0.144. The van der Waals surface area contributed by atoms with Gasteiger partial charge in [-0.3, -0.25) is 0 Å². The highest BCUT2D eigenvalue weighted by molar-refractivity contribution is 7.89. The summed E-state index contributed by atoms with van der Waals surface area (Å²) in [6, 6.07) is 0. The third-order valence-electron chi connectivity index (χ3n) is 2.97. The molecule has 0 aliphatic carbocycles. The number of nitrogens with zero attached hydrogens (tertiary/aromatic N) is 1. The van der Waals surface area contributed by atoms with Gasteiger partial charge in [0.05, 0.1) is 5.75 Å². The molecule has 1 aliphatic heterocycles. The zero-order valence-corrected chi connectivity index (χ0v) is 11.0. The number of sulfonamides is 1. The molecule has 0 radical (unpaired) electrons. The van der Waals surface area contributed by atoms with Crippen molar-refractivity contribution >= 4 is 21.6 Å². The molecule has 1 aliphatic rings. The second-order valence-electron chi connectivity index (χ2n) is 4.24. The zero-order valence-electron chi connectivity index (χ0n) is 9.44. The quantitative estimate of drug-likeness (QED) is 0.555. The van der Waals surface area contributed by atoms with Crippen molar-refractivity contribution in [2.24, 2.45) is 5.92 Å². The molecule has 0 aromatic carbocycles. The smallest absolute Gasteiger partial charge is 0.214 e. The molecule has 16 heavy (non-hydrogen) atoms. The summed E-state index contributed by atoms with van der Waals surface area (Å²) >= 11 is 5.52. The van der Waals surface area contributed by atoms with E-state index in [0.717, 1.165) is 12.8 Å². The summed E-state index contributed by atoms with van der Waals surface area (Å²) in [4.78, 5) is 0. The number of aliphatic hydroxyl groups excluding tert-OH is 1. The van der Waals surface area contributed by atoms with E-state index < -0.39 is 10.0 Å². The molecule has 1 saturated heterocycles. The molecule has 0 amide bonds. The van der Waals surface area contributed by atoms with Crippen LogP contribution in [0.4, 0.5) is 0 Å². The maximum Gasteiger partial charge on any atom is 0.214 e. The van der Waals surface area contributed by atoms with Crippen molar-refractivity contribution in [2.75, 3.05) is 31.3 Å². The van der Waals surface area contributed by atoms with Crippen molar-refractivity contribution in [1.82, 2.24) is 4.31 Å². The Balaban J connectivity index is 2.39. The zero-order chi connectivity index (χ0) is 12.0. The largest absolute Gasteiger partial charge is 0.396 e. The molecule has 6 heteroatoms. The van der Waals surface area contributed by atoms with Gasteiger partial charge in [-0.25, -0.2) is 12.7 Å². The average Bonchev–Trinajstić information content (AvgIpc) is 2.68. The maximum absolute atomic E-state index is 11.9. The molecule has 1 fully saturated rings. The van der Waals surface area contributed by atoms with Crippen molar-refractivity contribution in [1.29, 1.82) is 0 Å². The molecule has 0 aromatic rings. The van der Waals surface area contributed by atoms with Crippen LogP contribution in [0.2, 0.25) is 0 Å². The Bertz CT molecular complexity index is 294. The Morgan fingerprint density at radius 3 is 2.75 bits per heavy atom. The molecule has 0 saturated carbocycles. The number of hydrogen-bond acceptors (Lipinski definition) is 3. The third-order valence-corrected chi connectivity index (χ3v) is 5.16. The van der Waals surface area contributed by atoms with Crippen LogP contribution in [0.5, 0.6) is 0 Å². The van der Waals surface area contributed by atoms with E-state index in [0.29, 0.717) is 37.7 Å². The van der Waals surface area contributed by atoms with E-state index in [1.165, 1.54) is 0 Å². The highest BCUT2D eigenvalue weighted by Gasteiger charge is 2.30. The molecular formula is C10H20ClNO3S. The summed E-state index contributed by atoms with van der Waals surface area (Å²) in [6.07, 6.45) is 2.95. The highest BCUT2D eigenvalue weighted by Crippen LogP contribution is 2.22. The van der Waals surface area contributed by atoms with Crippen LogP contribution >= 0.6 is 11.6 Å². The summed E-state index contributed by atoms with van der Waals surface area (Å²) in [5.41, 5.74) is 0. The second kappa shape index (κ2) is 6.79. The van der Waals surface area contributed by atoms with Crippen LogP contribution < -0.4 is 0 Å². The Labute approximate surface area is 103 Å². The minimum atomic E-state index is -3.09. The lowest BCUT2D eigenvalue weighted by molar-refractivity contribution is 0.259. The average molecular weight is 270 g/mol. The first-order valence-corrected chi connectivity index (χ1v) is 7.89. The van der Waals surface area contributed by atoms with E-state index in [-0.39, 0.29) is 12.4 Å². The minimum Gasteiger partial charge on any atom is -0.396 e. The van der Waals surface area contributed by atoms with Gasteiger partial charge >= 0.3 is 0 Å². The fourth-order valence-electron chi connectivity index (χ4n) is 1.98. The van der Waals surface area contributed by atoms with Crippen LogP contribution in [0.3, 0.4) is 0 Å². The first kappa shape index (κ1) is 14.2. The van der Waals surface area contributed by atoms with Crippen molar-refractivity contribution in [3.05, 3.63) is 0 Å². The molecule has 96 valence electrons. The molecule has 1 heterocycles. The molecule has 1 atom stereocenters. The van der Waals surface area contributed by atoms with Crippen LogP contribution in [0.15, 0.2) is 0 Å². The van der Waals surface area contributed by atoms with Crippen molar-refractivity contribution in [3.63, 3.8) is 0 Å². The maximum atomic E-state index is 11.9. The van der Waals surface area contributed by atoms with Gasteiger partial charge in [-0.15, -0.1) is 11.6 Å². The van der Waals surface area contributed by atoms with E-state index in [2.05, 4.69) is 0 Å². The Morgan fingerprint density at radius 1 is 1.38 bits per heavy atom. The van der Waals surface area contributed by atoms with E-state index >= 15 is 0 Å². The van der Waals surface area contributed by atoms with Crippen LogP contribution in [-0.4, -0.2) is 49.2 Å². The summed E-state index contributed by atoms with van der Waals surface area (Å²) < 4.78 is 25.3. The monoisotopic (exact) mass is 269 g/mol. The predicted molar refractivity (Wildman–Crippen MR) is 65.1 cm³/mol. The van der Waals surface area contributed by atoms with E-state index in [1.807, 2.05) is 0 Å². The van der Waals surface area contributed by atoms with Crippen LogP contribution in [0.1, 0.15) is 25.7 Å². The van der Waals surface area contributed by atoms with Crippen LogP contribution in [-0.2, 0) is 10.0 Å². The topological polar surface area (TPSA) is 57.6 Å². The molecule has 4 nitrogen and oxygen atoms in total. The normalized spacial score (nSPS) is 22.8. The fraction of sp³-hybridized carbons (Fsp3) is 1.00. The van der Waals surface area contributed by atoms with Gasteiger partial charge in [-0.2, -0.15) is 0 Å². The lowest BCUT2D eigenvalue weighted by atomic mass is 10.1. The second-order valence-corrected chi connectivity index (χ2v) is 6.70. The van der Waals surface area contributed by atoms with Crippen molar-refractivity contribution < 1.29 is 13.5 Å². The molecule has 0 bridgehead atoms. The Kier molecular flexibility index (Phi) is 6.03. The van der Waals surface area contributed by atoms with Crippen LogP contribution in [0, 0.1) is 5.92 Å². The predicted octanol–water partition coefficient (Wildman–Crippen LogP) is 1.04. The standard InChI is InChI=1S/C10H20ClNO3S/c11-5-1-2-8-16(14,15)12-6-3-10(9-12)4-7-13/h10,13H,1-9H2. The summed E-state index contributed by atoms with van der Waals surface area (Å²) in [6.45, 7) is 1.32. The van der Waals surface area contributed by atoms with E-state index in [9.17, 15) is 8.42 Å². The lowest BCUT2D eigenvalue weighted by Crippen LogP contribution is -2.31. The molecular weight excluding hydrogens is 250 g/mol. The van der Waals surface area contributed by atoms with Gasteiger partial charge in [0.15, 0.2) is 0 Å². The summed E-state index contributed by atoms with van der Waals surface area (Å²) in [7, 11) is -3.09. The number of halogens is 1. The van der Waals surface area contributed by atoms with Gasteiger partial charge in [0, 0.05) is 25.6 Å². The third kappa shape index (κ3) is 4.20. The van der Waals surface area contributed by atoms with Gasteiger partial charge < -0.3 is 5.11 Å². The Hall–Kier alpha value is 0.160. The van der Waals surface area contributed by atoms with Gasteiger partial charge in [-0.1, -0.05) is 0 Å². The fourth-order valence-corrected chi connectivity index (χ4v) is 3.81.